The Labute approximate surface area is 97.1 Å². The first-order valence-corrected chi connectivity index (χ1v) is 6.39. The summed E-state index contributed by atoms with van der Waals surface area (Å²) in [4.78, 5) is 14.3. The summed E-state index contributed by atoms with van der Waals surface area (Å²) in [6, 6.07) is 0. The van der Waals surface area contributed by atoms with Crippen LogP contribution in [0.3, 0.4) is 0 Å². The second-order valence-electron chi connectivity index (χ2n) is 4.82. The van der Waals surface area contributed by atoms with Gasteiger partial charge in [0.2, 0.25) is 5.91 Å². The molecule has 2 fully saturated rings. The van der Waals surface area contributed by atoms with E-state index in [1.165, 1.54) is 0 Å². The molecule has 0 bridgehead atoms. The van der Waals surface area contributed by atoms with Crippen LogP contribution in [0.4, 0.5) is 0 Å². The maximum Gasteiger partial charge on any atom is 0.226 e. The molecule has 92 valence electrons. The third-order valence-electron chi connectivity index (χ3n) is 3.81. The van der Waals surface area contributed by atoms with Crippen molar-refractivity contribution in [2.75, 3.05) is 32.8 Å². The highest BCUT2D eigenvalue weighted by Crippen LogP contribution is 2.32. The van der Waals surface area contributed by atoms with Gasteiger partial charge in [-0.2, -0.15) is 0 Å². The average molecular weight is 226 g/mol. The molecular formula is C12H22N2O2. The Kier molecular flexibility index (Phi) is 4.18. The van der Waals surface area contributed by atoms with Crippen molar-refractivity contribution in [3.8, 4) is 0 Å². The molecule has 0 aromatic heterocycles. The second kappa shape index (κ2) is 5.64. The largest absolute Gasteiger partial charge is 0.380 e. The van der Waals surface area contributed by atoms with E-state index >= 15 is 0 Å². The van der Waals surface area contributed by atoms with Gasteiger partial charge in [0.15, 0.2) is 0 Å². The lowest BCUT2D eigenvalue weighted by Gasteiger charge is -2.26. The third kappa shape index (κ3) is 2.55. The van der Waals surface area contributed by atoms with E-state index in [1.807, 2.05) is 4.90 Å². The van der Waals surface area contributed by atoms with Gasteiger partial charge in [-0.15, -0.1) is 0 Å². The predicted octanol–water partition coefficient (Wildman–Crippen LogP) is 0.610. The van der Waals surface area contributed by atoms with E-state index in [0.29, 0.717) is 25.0 Å². The van der Waals surface area contributed by atoms with E-state index in [2.05, 4.69) is 0 Å². The highest BCUT2D eigenvalue weighted by atomic mass is 16.5. The molecule has 1 aliphatic heterocycles. The van der Waals surface area contributed by atoms with Gasteiger partial charge in [0, 0.05) is 25.6 Å². The minimum absolute atomic E-state index is 0.183. The zero-order chi connectivity index (χ0) is 11.4. The number of amides is 1. The molecule has 16 heavy (non-hydrogen) atoms. The fraction of sp³-hybridized carbons (Fsp3) is 0.917. The smallest absolute Gasteiger partial charge is 0.226 e. The molecule has 1 heterocycles. The van der Waals surface area contributed by atoms with Gasteiger partial charge in [0.05, 0.1) is 6.61 Å². The first kappa shape index (κ1) is 11.9. The summed E-state index contributed by atoms with van der Waals surface area (Å²) in [7, 11) is 0. The van der Waals surface area contributed by atoms with Crippen LogP contribution in [0.15, 0.2) is 0 Å². The molecule has 1 aliphatic carbocycles. The quantitative estimate of drug-likeness (QED) is 0.750. The van der Waals surface area contributed by atoms with Gasteiger partial charge in [0.25, 0.3) is 0 Å². The average Bonchev–Trinajstić information content (AvgIpc) is 2.61. The lowest BCUT2D eigenvalue weighted by Crippen LogP contribution is -2.40. The summed E-state index contributed by atoms with van der Waals surface area (Å²) in [5, 5.41) is 0. The molecular weight excluding hydrogens is 204 g/mol. The Morgan fingerprint density at radius 1 is 1.25 bits per heavy atom. The van der Waals surface area contributed by atoms with Crippen LogP contribution < -0.4 is 5.73 Å². The Morgan fingerprint density at radius 2 is 2.12 bits per heavy atom. The van der Waals surface area contributed by atoms with Gasteiger partial charge in [0.1, 0.15) is 0 Å². The molecule has 1 amide bonds. The SMILES string of the molecule is NC[C@H]1CCC[C@H]1C(=O)N1CCCOCC1. The van der Waals surface area contributed by atoms with Crippen LogP contribution in [-0.2, 0) is 9.53 Å². The van der Waals surface area contributed by atoms with Crippen molar-refractivity contribution in [1.29, 1.82) is 0 Å². The van der Waals surface area contributed by atoms with Crippen LogP contribution >= 0.6 is 0 Å². The zero-order valence-corrected chi connectivity index (χ0v) is 9.86. The van der Waals surface area contributed by atoms with E-state index in [1.54, 1.807) is 0 Å². The van der Waals surface area contributed by atoms with Gasteiger partial charge in [-0.3, -0.25) is 4.79 Å². The fourth-order valence-electron chi connectivity index (χ4n) is 2.85. The Balaban J connectivity index is 1.94. The number of hydrogen-bond donors (Lipinski definition) is 1. The zero-order valence-electron chi connectivity index (χ0n) is 9.86. The van der Waals surface area contributed by atoms with E-state index in [9.17, 15) is 4.79 Å². The van der Waals surface area contributed by atoms with Crippen molar-refractivity contribution >= 4 is 5.91 Å². The van der Waals surface area contributed by atoms with Crippen molar-refractivity contribution in [1.82, 2.24) is 4.90 Å². The third-order valence-corrected chi connectivity index (χ3v) is 3.81. The number of ether oxygens (including phenoxy) is 1. The molecule has 4 heteroatoms. The highest BCUT2D eigenvalue weighted by molar-refractivity contribution is 5.79. The highest BCUT2D eigenvalue weighted by Gasteiger charge is 2.34. The van der Waals surface area contributed by atoms with Crippen LogP contribution in [0.1, 0.15) is 25.7 Å². The molecule has 4 nitrogen and oxygen atoms in total. The van der Waals surface area contributed by atoms with Crippen molar-refractivity contribution in [2.45, 2.75) is 25.7 Å². The maximum atomic E-state index is 12.3. The molecule has 2 rings (SSSR count). The van der Waals surface area contributed by atoms with Crippen molar-refractivity contribution in [3.05, 3.63) is 0 Å². The van der Waals surface area contributed by atoms with Gasteiger partial charge < -0.3 is 15.4 Å². The number of carbonyl (C=O) groups is 1. The monoisotopic (exact) mass is 226 g/mol. The van der Waals surface area contributed by atoms with E-state index < -0.39 is 0 Å². The fourth-order valence-corrected chi connectivity index (χ4v) is 2.85. The molecule has 2 aliphatic rings. The number of carbonyl (C=O) groups excluding carboxylic acids is 1. The van der Waals surface area contributed by atoms with Gasteiger partial charge in [-0.25, -0.2) is 0 Å². The molecule has 0 aromatic carbocycles. The van der Waals surface area contributed by atoms with Gasteiger partial charge in [-0.05, 0) is 31.7 Å². The summed E-state index contributed by atoms with van der Waals surface area (Å²) in [5.74, 6) is 0.915. The van der Waals surface area contributed by atoms with Crippen molar-refractivity contribution < 1.29 is 9.53 Å². The summed E-state index contributed by atoms with van der Waals surface area (Å²) in [5.41, 5.74) is 5.73. The standard InChI is InChI=1S/C12H22N2O2/c13-9-10-3-1-4-11(10)12(15)14-5-2-7-16-8-6-14/h10-11H,1-9,13H2/t10-,11-/m1/s1. The molecule has 1 saturated carbocycles. The van der Waals surface area contributed by atoms with E-state index in [0.717, 1.165) is 45.4 Å². The predicted molar refractivity (Wildman–Crippen MR) is 61.9 cm³/mol. The lowest BCUT2D eigenvalue weighted by atomic mass is 9.94. The molecule has 1 saturated heterocycles. The number of hydrogen-bond acceptors (Lipinski definition) is 3. The Morgan fingerprint density at radius 3 is 2.94 bits per heavy atom. The van der Waals surface area contributed by atoms with Crippen molar-refractivity contribution in [2.24, 2.45) is 17.6 Å². The lowest BCUT2D eigenvalue weighted by molar-refractivity contribution is -0.136. The maximum absolute atomic E-state index is 12.3. The molecule has 0 aromatic rings. The van der Waals surface area contributed by atoms with Crippen LogP contribution in [0.25, 0.3) is 0 Å². The summed E-state index contributed by atoms with van der Waals surface area (Å²) >= 11 is 0. The summed E-state index contributed by atoms with van der Waals surface area (Å²) < 4.78 is 5.37. The van der Waals surface area contributed by atoms with Crippen LogP contribution in [0, 0.1) is 11.8 Å². The molecule has 0 spiro atoms. The first-order valence-electron chi connectivity index (χ1n) is 6.39. The van der Waals surface area contributed by atoms with Crippen LogP contribution in [0.2, 0.25) is 0 Å². The molecule has 2 atom stereocenters. The number of nitrogens with zero attached hydrogens (tertiary/aromatic N) is 1. The minimum atomic E-state index is 0.183. The Bertz CT molecular complexity index is 237. The Hall–Kier alpha value is -0.610. The summed E-state index contributed by atoms with van der Waals surface area (Å²) in [6.45, 7) is 3.74. The van der Waals surface area contributed by atoms with E-state index in [4.69, 9.17) is 10.5 Å². The minimum Gasteiger partial charge on any atom is -0.380 e. The van der Waals surface area contributed by atoms with Crippen LogP contribution in [-0.4, -0.2) is 43.7 Å². The number of nitrogens with two attached hydrogens (primary N) is 1. The number of rotatable bonds is 2. The van der Waals surface area contributed by atoms with Gasteiger partial charge in [-0.1, -0.05) is 6.42 Å². The van der Waals surface area contributed by atoms with E-state index in [-0.39, 0.29) is 5.92 Å². The molecule has 0 radical (unpaired) electrons. The molecule has 0 unspecified atom stereocenters. The van der Waals surface area contributed by atoms with Crippen molar-refractivity contribution in [3.63, 3.8) is 0 Å². The van der Waals surface area contributed by atoms with Crippen LogP contribution in [0.5, 0.6) is 0 Å². The topological polar surface area (TPSA) is 55.6 Å². The normalized spacial score (nSPS) is 31.4. The molecule has 2 N–H and O–H groups in total. The summed E-state index contributed by atoms with van der Waals surface area (Å²) in [6.07, 6.45) is 4.27. The second-order valence-corrected chi connectivity index (χ2v) is 4.82. The first-order chi connectivity index (χ1) is 7.83. The van der Waals surface area contributed by atoms with Gasteiger partial charge >= 0.3 is 0 Å².